The molecule has 0 radical (unpaired) electrons. The summed E-state index contributed by atoms with van der Waals surface area (Å²) in [6.45, 7) is 11.1. The Morgan fingerprint density at radius 3 is 2.65 bits per heavy atom. The molecule has 0 aromatic rings. The molecule has 2 unspecified atom stereocenters. The largest absolute Gasteiger partial charge is 0.380 e. The van der Waals surface area contributed by atoms with Gasteiger partial charge in [-0.15, -0.1) is 0 Å². The normalized spacial score (nSPS) is 29.9. The predicted octanol–water partition coefficient (Wildman–Crippen LogP) is 2.90. The monoisotopic (exact) mass is 282 g/mol. The van der Waals surface area contributed by atoms with Gasteiger partial charge in [0, 0.05) is 25.2 Å². The van der Waals surface area contributed by atoms with Crippen LogP contribution in [0.1, 0.15) is 52.9 Å². The summed E-state index contributed by atoms with van der Waals surface area (Å²) in [5, 5.41) is 3.74. The summed E-state index contributed by atoms with van der Waals surface area (Å²) in [6, 6.07) is 1.26. The third-order valence-corrected chi connectivity index (χ3v) is 5.18. The van der Waals surface area contributed by atoms with Crippen LogP contribution in [-0.2, 0) is 4.74 Å². The first-order chi connectivity index (χ1) is 9.54. The molecule has 0 heterocycles. The number of nitrogens with zero attached hydrogens (tertiary/aromatic N) is 1. The summed E-state index contributed by atoms with van der Waals surface area (Å²) in [6.07, 6.45) is 6.78. The highest BCUT2D eigenvalue weighted by atomic mass is 16.5. The number of hydrogen-bond acceptors (Lipinski definition) is 3. The molecule has 3 heteroatoms. The molecule has 20 heavy (non-hydrogen) atoms. The van der Waals surface area contributed by atoms with E-state index < -0.39 is 0 Å². The minimum atomic E-state index is 0.405. The van der Waals surface area contributed by atoms with Crippen molar-refractivity contribution in [2.75, 3.05) is 33.4 Å². The van der Waals surface area contributed by atoms with Gasteiger partial charge in [0.05, 0.1) is 6.61 Å². The topological polar surface area (TPSA) is 24.5 Å². The zero-order valence-electron chi connectivity index (χ0n) is 14.0. The average Bonchev–Trinajstić information content (AvgIpc) is 3.21. The Labute approximate surface area is 125 Å². The molecule has 1 N–H and O–H groups in total. The van der Waals surface area contributed by atoms with E-state index in [2.05, 4.69) is 38.0 Å². The minimum absolute atomic E-state index is 0.405. The van der Waals surface area contributed by atoms with Crippen LogP contribution < -0.4 is 5.32 Å². The van der Waals surface area contributed by atoms with Gasteiger partial charge in [0.25, 0.3) is 0 Å². The number of ether oxygens (including phenoxy) is 1. The van der Waals surface area contributed by atoms with Crippen LogP contribution in [0.4, 0.5) is 0 Å². The third-order valence-electron chi connectivity index (χ3n) is 5.18. The Morgan fingerprint density at radius 1 is 1.25 bits per heavy atom. The summed E-state index contributed by atoms with van der Waals surface area (Å²) in [7, 11) is 2.27. The van der Waals surface area contributed by atoms with Gasteiger partial charge in [0.2, 0.25) is 0 Å². The molecule has 3 nitrogen and oxygen atoms in total. The first kappa shape index (κ1) is 16.3. The Bertz CT molecular complexity index is 289. The fraction of sp³-hybridized carbons (Fsp3) is 1.00. The molecule has 0 spiro atoms. The highest BCUT2D eigenvalue weighted by Gasteiger charge is 2.39. The van der Waals surface area contributed by atoms with E-state index in [-0.39, 0.29) is 0 Å². The van der Waals surface area contributed by atoms with E-state index in [4.69, 9.17) is 4.74 Å². The van der Waals surface area contributed by atoms with Crippen molar-refractivity contribution in [3.05, 3.63) is 0 Å². The number of nitrogens with one attached hydrogen (secondary N) is 1. The van der Waals surface area contributed by atoms with E-state index in [0.717, 1.165) is 32.2 Å². The van der Waals surface area contributed by atoms with Crippen LogP contribution in [0.2, 0.25) is 0 Å². The van der Waals surface area contributed by atoms with Crippen molar-refractivity contribution in [1.82, 2.24) is 10.2 Å². The molecule has 2 fully saturated rings. The van der Waals surface area contributed by atoms with Crippen LogP contribution in [0.3, 0.4) is 0 Å². The average molecular weight is 282 g/mol. The van der Waals surface area contributed by atoms with Gasteiger partial charge in [-0.05, 0) is 50.6 Å². The zero-order valence-corrected chi connectivity index (χ0v) is 14.0. The van der Waals surface area contributed by atoms with Gasteiger partial charge < -0.3 is 10.1 Å². The summed E-state index contributed by atoms with van der Waals surface area (Å²) in [5.74, 6) is 0.878. The van der Waals surface area contributed by atoms with Crippen LogP contribution in [0, 0.1) is 11.3 Å². The lowest BCUT2D eigenvalue weighted by atomic mass is 9.70. The van der Waals surface area contributed by atoms with Crippen molar-refractivity contribution in [3.8, 4) is 0 Å². The lowest BCUT2D eigenvalue weighted by Crippen LogP contribution is -2.58. The first-order valence-corrected chi connectivity index (χ1v) is 8.56. The highest BCUT2D eigenvalue weighted by molar-refractivity contribution is 4.97. The van der Waals surface area contributed by atoms with Crippen LogP contribution in [0.15, 0.2) is 0 Å². The molecule has 0 aromatic heterocycles. The summed E-state index contributed by atoms with van der Waals surface area (Å²) < 4.78 is 5.80. The van der Waals surface area contributed by atoms with E-state index in [1.165, 1.54) is 32.1 Å². The lowest BCUT2D eigenvalue weighted by molar-refractivity contribution is 0.0382. The second-order valence-corrected chi connectivity index (χ2v) is 7.48. The molecule has 0 saturated heterocycles. The van der Waals surface area contributed by atoms with E-state index >= 15 is 0 Å². The van der Waals surface area contributed by atoms with Crippen LogP contribution in [0.25, 0.3) is 0 Å². The molecule has 2 atom stereocenters. The Morgan fingerprint density at radius 2 is 2.00 bits per heavy atom. The molecule has 0 aromatic carbocycles. The Kier molecular flexibility index (Phi) is 5.88. The first-order valence-electron chi connectivity index (χ1n) is 8.56. The second-order valence-electron chi connectivity index (χ2n) is 7.48. The van der Waals surface area contributed by atoms with Gasteiger partial charge in [-0.3, -0.25) is 4.90 Å². The summed E-state index contributed by atoms with van der Waals surface area (Å²) in [5.41, 5.74) is 0.405. The van der Waals surface area contributed by atoms with E-state index in [9.17, 15) is 0 Å². The third kappa shape index (κ3) is 4.44. The van der Waals surface area contributed by atoms with Crippen LogP contribution in [-0.4, -0.2) is 50.3 Å². The quantitative estimate of drug-likeness (QED) is 0.693. The SMILES string of the molecule is CCNC1C(N(C)CCOCC2CC2)CCCC1(C)C. The molecule has 2 saturated carbocycles. The molecule has 2 rings (SSSR count). The second kappa shape index (κ2) is 7.24. The van der Waals surface area contributed by atoms with Crippen molar-refractivity contribution in [2.45, 2.75) is 65.0 Å². The van der Waals surface area contributed by atoms with Crippen LogP contribution >= 0.6 is 0 Å². The maximum Gasteiger partial charge on any atom is 0.0593 e. The maximum absolute atomic E-state index is 5.80. The molecule has 0 aliphatic heterocycles. The molecular formula is C17H34N2O. The fourth-order valence-electron chi connectivity index (χ4n) is 3.63. The van der Waals surface area contributed by atoms with Crippen molar-refractivity contribution in [1.29, 1.82) is 0 Å². The van der Waals surface area contributed by atoms with Crippen molar-refractivity contribution >= 4 is 0 Å². The molecule has 0 amide bonds. The van der Waals surface area contributed by atoms with Gasteiger partial charge in [0.1, 0.15) is 0 Å². The van der Waals surface area contributed by atoms with Gasteiger partial charge in [-0.1, -0.05) is 27.2 Å². The van der Waals surface area contributed by atoms with E-state index in [1.54, 1.807) is 0 Å². The van der Waals surface area contributed by atoms with Crippen molar-refractivity contribution in [2.24, 2.45) is 11.3 Å². The summed E-state index contributed by atoms with van der Waals surface area (Å²) in [4.78, 5) is 2.53. The molecule has 2 aliphatic carbocycles. The van der Waals surface area contributed by atoms with E-state index in [0.29, 0.717) is 17.5 Å². The molecule has 2 aliphatic rings. The number of hydrogen-bond donors (Lipinski definition) is 1. The van der Waals surface area contributed by atoms with Gasteiger partial charge in [0.15, 0.2) is 0 Å². The van der Waals surface area contributed by atoms with Crippen LogP contribution in [0.5, 0.6) is 0 Å². The number of likely N-dealkylation sites (N-methyl/N-ethyl adjacent to an activating group) is 2. The maximum atomic E-state index is 5.80. The smallest absolute Gasteiger partial charge is 0.0593 e. The fourth-order valence-corrected chi connectivity index (χ4v) is 3.63. The lowest BCUT2D eigenvalue weighted by Gasteiger charge is -2.47. The number of rotatable bonds is 8. The van der Waals surface area contributed by atoms with Gasteiger partial charge in [-0.25, -0.2) is 0 Å². The van der Waals surface area contributed by atoms with Gasteiger partial charge in [-0.2, -0.15) is 0 Å². The molecule has 0 bridgehead atoms. The zero-order chi connectivity index (χ0) is 14.6. The van der Waals surface area contributed by atoms with Crippen molar-refractivity contribution < 1.29 is 4.74 Å². The Balaban J connectivity index is 1.79. The highest BCUT2D eigenvalue weighted by Crippen LogP contribution is 2.37. The summed E-state index contributed by atoms with van der Waals surface area (Å²) >= 11 is 0. The van der Waals surface area contributed by atoms with Gasteiger partial charge >= 0.3 is 0 Å². The predicted molar refractivity (Wildman–Crippen MR) is 85.1 cm³/mol. The minimum Gasteiger partial charge on any atom is -0.380 e. The molecular weight excluding hydrogens is 248 g/mol. The van der Waals surface area contributed by atoms with E-state index in [1.807, 2.05) is 0 Å². The Hall–Kier alpha value is -0.120. The van der Waals surface area contributed by atoms with Crippen molar-refractivity contribution in [3.63, 3.8) is 0 Å². The molecule has 118 valence electrons. The standard InChI is InChI=1S/C17H34N2O/c1-5-18-16-15(7-6-10-17(16,2)3)19(4)11-12-20-13-14-8-9-14/h14-16,18H,5-13H2,1-4H3.